The summed E-state index contributed by atoms with van der Waals surface area (Å²) in [5, 5.41) is 0. The summed E-state index contributed by atoms with van der Waals surface area (Å²) in [6, 6.07) is 16.9. The number of hydrogen-bond donors (Lipinski definition) is 0. The number of methoxy groups -OCH3 is 1. The van der Waals surface area contributed by atoms with Crippen molar-refractivity contribution < 1.29 is 19.1 Å². The highest BCUT2D eigenvalue weighted by Gasteiger charge is 2.44. The summed E-state index contributed by atoms with van der Waals surface area (Å²) in [6.07, 6.45) is -0.145. The largest absolute Gasteiger partial charge is 0.497 e. The number of ether oxygens (including phenoxy) is 2. The fourth-order valence-electron chi connectivity index (χ4n) is 3.73. The van der Waals surface area contributed by atoms with Gasteiger partial charge in [0, 0.05) is 25.2 Å². The molecule has 2 saturated heterocycles. The molecule has 2 aromatic rings. The smallest absolute Gasteiger partial charge is 0.254 e. The number of fused-ring (bicyclic) bond motifs is 1. The van der Waals surface area contributed by atoms with Crippen molar-refractivity contribution in [2.45, 2.75) is 18.7 Å². The first-order chi connectivity index (χ1) is 13.2. The fraction of sp³-hybridized carbons (Fsp3) is 0.333. The van der Waals surface area contributed by atoms with Crippen LogP contribution in [0.4, 0.5) is 0 Å². The molecule has 0 saturated carbocycles. The van der Waals surface area contributed by atoms with E-state index in [1.807, 2.05) is 35.2 Å². The van der Waals surface area contributed by atoms with E-state index in [9.17, 15) is 9.59 Å². The Bertz CT molecular complexity index is 822. The molecule has 0 aliphatic carbocycles. The van der Waals surface area contributed by atoms with Crippen LogP contribution in [0.5, 0.6) is 5.75 Å². The first kappa shape index (κ1) is 17.5. The van der Waals surface area contributed by atoms with E-state index in [-0.39, 0.29) is 30.6 Å². The van der Waals surface area contributed by atoms with Gasteiger partial charge in [-0.2, -0.15) is 0 Å². The number of likely N-dealkylation sites (tertiary alicyclic amines) is 1. The molecule has 2 aromatic carbocycles. The number of benzene rings is 2. The molecule has 2 aliphatic heterocycles. The summed E-state index contributed by atoms with van der Waals surface area (Å²) in [5.74, 6) is 0.631. The van der Waals surface area contributed by atoms with E-state index in [1.54, 1.807) is 36.3 Å². The van der Waals surface area contributed by atoms with Crippen molar-refractivity contribution in [3.63, 3.8) is 0 Å². The van der Waals surface area contributed by atoms with Gasteiger partial charge in [-0.3, -0.25) is 9.59 Å². The zero-order valence-corrected chi connectivity index (χ0v) is 15.2. The first-order valence-corrected chi connectivity index (χ1v) is 9.04. The minimum Gasteiger partial charge on any atom is -0.497 e. The molecule has 2 unspecified atom stereocenters. The van der Waals surface area contributed by atoms with Crippen LogP contribution in [-0.2, 0) is 16.1 Å². The van der Waals surface area contributed by atoms with Gasteiger partial charge in [0.2, 0.25) is 5.91 Å². The van der Waals surface area contributed by atoms with Crippen molar-refractivity contribution in [1.29, 1.82) is 0 Å². The molecule has 0 radical (unpaired) electrons. The average molecular weight is 366 g/mol. The SMILES string of the molecule is COc1ccc(C(=O)N2CC3OCC(=O)N(Cc4ccccc4)C3C2)cc1. The molecule has 0 aromatic heterocycles. The van der Waals surface area contributed by atoms with Crippen LogP contribution in [0.25, 0.3) is 0 Å². The Kier molecular flexibility index (Phi) is 4.81. The Labute approximate surface area is 158 Å². The Morgan fingerprint density at radius 1 is 1.11 bits per heavy atom. The van der Waals surface area contributed by atoms with E-state index in [0.717, 1.165) is 5.56 Å². The number of morpholine rings is 1. The van der Waals surface area contributed by atoms with Gasteiger partial charge in [-0.25, -0.2) is 0 Å². The van der Waals surface area contributed by atoms with Gasteiger partial charge >= 0.3 is 0 Å². The first-order valence-electron chi connectivity index (χ1n) is 9.04. The maximum absolute atomic E-state index is 12.9. The number of hydrogen-bond acceptors (Lipinski definition) is 4. The molecule has 0 bridgehead atoms. The van der Waals surface area contributed by atoms with Gasteiger partial charge in [-0.15, -0.1) is 0 Å². The van der Waals surface area contributed by atoms with Gasteiger partial charge in [-0.05, 0) is 29.8 Å². The van der Waals surface area contributed by atoms with Gasteiger partial charge in [0.15, 0.2) is 0 Å². The second-order valence-corrected chi connectivity index (χ2v) is 6.86. The summed E-state index contributed by atoms with van der Waals surface area (Å²) in [6.45, 7) is 1.58. The van der Waals surface area contributed by atoms with E-state index in [2.05, 4.69) is 0 Å². The molecule has 2 aliphatic rings. The highest BCUT2D eigenvalue weighted by atomic mass is 16.5. The monoisotopic (exact) mass is 366 g/mol. The van der Waals surface area contributed by atoms with Crippen molar-refractivity contribution >= 4 is 11.8 Å². The fourth-order valence-corrected chi connectivity index (χ4v) is 3.73. The molecule has 0 spiro atoms. The van der Waals surface area contributed by atoms with Gasteiger partial charge in [0.25, 0.3) is 5.91 Å². The van der Waals surface area contributed by atoms with E-state index in [0.29, 0.717) is 30.9 Å². The zero-order valence-electron chi connectivity index (χ0n) is 15.2. The molecule has 0 N–H and O–H groups in total. The lowest BCUT2D eigenvalue weighted by atomic mass is 10.1. The predicted octanol–water partition coefficient (Wildman–Crippen LogP) is 1.95. The minimum atomic E-state index is -0.145. The van der Waals surface area contributed by atoms with Crippen LogP contribution in [0, 0.1) is 0 Å². The molecule has 2 amide bonds. The lowest BCUT2D eigenvalue weighted by molar-refractivity contribution is -0.153. The van der Waals surface area contributed by atoms with Crippen molar-refractivity contribution in [2.75, 3.05) is 26.8 Å². The van der Waals surface area contributed by atoms with E-state index in [1.165, 1.54) is 0 Å². The topological polar surface area (TPSA) is 59.1 Å². The Hall–Kier alpha value is -2.86. The Morgan fingerprint density at radius 2 is 1.85 bits per heavy atom. The minimum absolute atomic E-state index is 0.0288. The highest BCUT2D eigenvalue weighted by Crippen LogP contribution is 2.26. The van der Waals surface area contributed by atoms with Gasteiger partial charge in [0.1, 0.15) is 12.4 Å². The number of carbonyl (C=O) groups is 2. The Morgan fingerprint density at radius 3 is 2.56 bits per heavy atom. The molecular formula is C21H22N2O4. The van der Waals surface area contributed by atoms with E-state index >= 15 is 0 Å². The number of rotatable bonds is 4. The lowest BCUT2D eigenvalue weighted by Gasteiger charge is -2.36. The van der Waals surface area contributed by atoms with Gasteiger partial charge in [0.05, 0.1) is 19.3 Å². The van der Waals surface area contributed by atoms with Crippen molar-refractivity contribution in [3.05, 3.63) is 65.7 Å². The van der Waals surface area contributed by atoms with E-state index in [4.69, 9.17) is 9.47 Å². The molecule has 6 nitrogen and oxygen atoms in total. The normalized spacial score (nSPS) is 21.9. The molecule has 27 heavy (non-hydrogen) atoms. The molecule has 4 rings (SSSR count). The molecule has 140 valence electrons. The molecular weight excluding hydrogens is 344 g/mol. The second kappa shape index (κ2) is 7.40. The maximum atomic E-state index is 12.9. The summed E-state index contributed by atoms with van der Waals surface area (Å²) < 4.78 is 10.9. The molecule has 2 atom stereocenters. The Balaban J connectivity index is 1.49. The van der Waals surface area contributed by atoms with Crippen LogP contribution in [0.3, 0.4) is 0 Å². The summed E-state index contributed by atoms with van der Waals surface area (Å²) >= 11 is 0. The average Bonchev–Trinajstić information content (AvgIpc) is 3.15. The number of nitrogens with zero attached hydrogens (tertiary/aromatic N) is 2. The highest BCUT2D eigenvalue weighted by molar-refractivity contribution is 5.94. The second-order valence-electron chi connectivity index (χ2n) is 6.86. The van der Waals surface area contributed by atoms with Crippen LogP contribution >= 0.6 is 0 Å². The summed E-state index contributed by atoms with van der Waals surface area (Å²) in [7, 11) is 1.59. The van der Waals surface area contributed by atoms with Crippen LogP contribution in [-0.4, -0.2) is 60.6 Å². The summed E-state index contributed by atoms with van der Waals surface area (Å²) in [4.78, 5) is 28.9. The zero-order chi connectivity index (χ0) is 18.8. The maximum Gasteiger partial charge on any atom is 0.254 e. The van der Waals surface area contributed by atoms with Crippen molar-refractivity contribution in [1.82, 2.24) is 9.80 Å². The third-order valence-corrected chi connectivity index (χ3v) is 5.20. The standard InChI is InChI=1S/C21H22N2O4/c1-26-17-9-7-16(8-10-17)21(25)22-12-18-19(13-22)27-14-20(24)23(18)11-15-5-3-2-4-6-15/h2-10,18-19H,11-14H2,1H3. The number of carbonyl (C=O) groups excluding carboxylic acids is 2. The molecule has 2 heterocycles. The third kappa shape index (κ3) is 3.53. The lowest BCUT2D eigenvalue weighted by Crippen LogP contribution is -2.53. The van der Waals surface area contributed by atoms with Crippen molar-refractivity contribution in [3.8, 4) is 5.75 Å². The molecule has 6 heteroatoms. The van der Waals surface area contributed by atoms with Crippen LogP contribution in [0.1, 0.15) is 15.9 Å². The summed E-state index contributed by atoms with van der Waals surface area (Å²) in [5.41, 5.74) is 1.68. The predicted molar refractivity (Wildman–Crippen MR) is 99.4 cm³/mol. The van der Waals surface area contributed by atoms with Crippen LogP contribution in [0.2, 0.25) is 0 Å². The van der Waals surface area contributed by atoms with Crippen molar-refractivity contribution in [2.24, 2.45) is 0 Å². The van der Waals surface area contributed by atoms with Crippen LogP contribution < -0.4 is 4.74 Å². The van der Waals surface area contributed by atoms with E-state index < -0.39 is 0 Å². The quantitative estimate of drug-likeness (QED) is 0.830. The van der Waals surface area contributed by atoms with Crippen LogP contribution in [0.15, 0.2) is 54.6 Å². The number of amides is 2. The van der Waals surface area contributed by atoms with Gasteiger partial charge in [-0.1, -0.05) is 30.3 Å². The third-order valence-electron chi connectivity index (χ3n) is 5.20. The molecule has 2 fully saturated rings. The van der Waals surface area contributed by atoms with Gasteiger partial charge < -0.3 is 19.3 Å².